The van der Waals surface area contributed by atoms with Crippen molar-refractivity contribution in [3.05, 3.63) is 102 Å². The van der Waals surface area contributed by atoms with Gasteiger partial charge in [0, 0.05) is 5.69 Å². The van der Waals surface area contributed by atoms with Crippen LogP contribution in [0.1, 0.15) is 18.1 Å². The summed E-state index contributed by atoms with van der Waals surface area (Å²) in [5.74, 6) is 0.395. The number of fused-ring (bicyclic) bond motifs is 1. The molecular formula is C29H25N3O4. The zero-order valence-corrected chi connectivity index (χ0v) is 19.9. The Morgan fingerprint density at radius 2 is 1.64 bits per heavy atom. The Kier molecular flexibility index (Phi) is 5.90. The van der Waals surface area contributed by atoms with Crippen molar-refractivity contribution in [3.8, 4) is 11.5 Å². The molecule has 1 aliphatic heterocycles. The summed E-state index contributed by atoms with van der Waals surface area (Å²) in [7, 11) is 0. The van der Waals surface area contributed by atoms with Gasteiger partial charge in [0.15, 0.2) is 0 Å². The summed E-state index contributed by atoms with van der Waals surface area (Å²) >= 11 is 0. The van der Waals surface area contributed by atoms with Crippen molar-refractivity contribution >= 4 is 34.3 Å². The predicted molar refractivity (Wildman–Crippen MR) is 138 cm³/mol. The molecule has 5 rings (SSSR count). The van der Waals surface area contributed by atoms with E-state index in [2.05, 4.69) is 10.6 Å². The number of imide groups is 1. The molecule has 0 aromatic heterocycles. The highest BCUT2D eigenvalue weighted by Gasteiger charge is 2.50. The van der Waals surface area contributed by atoms with Gasteiger partial charge in [-0.3, -0.25) is 14.5 Å². The van der Waals surface area contributed by atoms with Crippen molar-refractivity contribution < 1.29 is 19.1 Å². The molecule has 36 heavy (non-hydrogen) atoms. The molecule has 180 valence electrons. The number of carbonyl (C=O) groups is 3. The summed E-state index contributed by atoms with van der Waals surface area (Å²) in [4.78, 5) is 39.8. The molecule has 4 amide bonds. The van der Waals surface area contributed by atoms with E-state index in [0.29, 0.717) is 17.0 Å². The van der Waals surface area contributed by atoms with Crippen LogP contribution in [0.4, 0.5) is 10.5 Å². The van der Waals surface area contributed by atoms with Gasteiger partial charge in [-0.2, -0.15) is 0 Å². The van der Waals surface area contributed by atoms with E-state index in [9.17, 15) is 14.4 Å². The monoisotopic (exact) mass is 479 g/mol. The average molecular weight is 480 g/mol. The third-order valence-corrected chi connectivity index (χ3v) is 6.27. The Balaban J connectivity index is 1.27. The van der Waals surface area contributed by atoms with Gasteiger partial charge in [0.05, 0.1) is 0 Å². The van der Waals surface area contributed by atoms with Gasteiger partial charge in [-0.25, -0.2) is 4.79 Å². The van der Waals surface area contributed by atoms with E-state index in [-0.39, 0.29) is 0 Å². The lowest BCUT2D eigenvalue weighted by atomic mass is 9.88. The first kappa shape index (κ1) is 23.1. The Morgan fingerprint density at radius 1 is 0.917 bits per heavy atom. The molecule has 1 aliphatic rings. The highest BCUT2D eigenvalue weighted by Crippen LogP contribution is 2.34. The minimum atomic E-state index is -1.27. The van der Waals surface area contributed by atoms with E-state index < -0.39 is 29.9 Å². The lowest BCUT2D eigenvalue weighted by Crippen LogP contribution is -2.42. The van der Waals surface area contributed by atoms with Gasteiger partial charge in [-0.05, 0) is 72.1 Å². The molecule has 1 heterocycles. The second kappa shape index (κ2) is 9.19. The van der Waals surface area contributed by atoms with Crippen molar-refractivity contribution in [1.82, 2.24) is 10.2 Å². The van der Waals surface area contributed by atoms with Crippen molar-refractivity contribution in [2.75, 3.05) is 11.9 Å². The molecule has 1 unspecified atom stereocenters. The number of hydrogen-bond donors (Lipinski definition) is 2. The molecule has 0 spiro atoms. The van der Waals surface area contributed by atoms with Crippen molar-refractivity contribution in [2.24, 2.45) is 0 Å². The molecular weight excluding hydrogens is 454 g/mol. The molecule has 1 atom stereocenters. The highest BCUT2D eigenvalue weighted by molar-refractivity contribution is 6.11. The van der Waals surface area contributed by atoms with Crippen molar-refractivity contribution in [3.63, 3.8) is 0 Å². The second-order valence-electron chi connectivity index (χ2n) is 8.96. The van der Waals surface area contributed by atoms with Gasteiger partial charge in [-0.15, -0.1) is 0 Å². The number of nitrogens with zero attached hydrogens (tertiary/aromatic N) is 1. The summed E-state index contributed by atoms with van der Waals surface area (Å²) in [6.07, 6.45) is 0. The minimum absolute atomic E-state index is 0.396. The Hall–Kier alpha value is -4.65. The van der Waals surface area contributed by atoms with Crippen LogP contribution in [-0.4, -0.2) is 29.3 Å². The zero-order valence-electron chi connectivity index (χ0n) is 19.9. The Labute approximate surface area is 208 Å². The molecule has 4 aromatic rings. The van der Waals surface area contributed by atoms with E-state index in [4.69, 9.17) is 4.74 Å². The van der Waals surface area contributed by atoms with Crippen molar-refractivity contribution in [2.45, 2.75) is 19.4 Å². The van der Waals surface area contributed by atoms with Crippen LogP contribution in [-0.2, 0) is 15.1 Å². The van der Waals surface area contributed by atoms with Crippen LogP contribution < -0.4 is 15.4 Å². The summed E-state index contributed by atoms with van der Waals surface area (Å²) in [5, 5.41) is 7.35. The number of urea groups is 1. The van der Waals surface area contributed by atoms with E-state index in [1.807, 2.05) is 73.7 Å². The maximum atomic E-state index is 13.4. The van der Waals surface area contributed by atoms with Crippen molar-refractivity contribution in [1.29, 1.82) is 0 Å². The minimum Gasteiger partial charge on any atom is -0.457 e. The summed E-state index contributed by atoms with van der Waals surface area (Å²) in [6, 6.07) is 27.3. The first-order valence-corrected chi connectivity index (χ1v) is 11.6. The second-order valence-corrected chi connectivity index (χ2v) is 8.96. The van der Waals surface area contributed by atoms with E-state index >= 15 is 0 Å². The van der Waals surface area contributed by atoms with Gasteiger partial charge in [0.1, 0.15) is 23.6 Å². The van der Waals surface area contributed by atoms with Crippen LogP contribution in [0, 0.1) is 6.92 Å². The largest absolute Gasteiger partial charge is 0.457 e. The van der Waals surface area contributed by atoms with Crippen LogP contribution in [0.15, 0.2) is 91.0 Å². The first-order chi connectivity index (χ1) is 17.3. The SMILES string of the molecule is Cc1cccc(Oc2ccc(NC(=O)CN3C(=O)NC(C)(c4cccc5ccccc45)C3=O)cc2)c1. The van der Waals surface area contributed by atoms with Gasteiger partial charge >= 0.3 is 6.03 Å². The third kappa shape index (κ3) is 4.38. The Morgan fingerprint density at radius 3 is 2.42 bits per heavy atom. The molecule has 2 N–H and O–H groups in total. The number of aryl methyl sites for hydroxylation is 1. The van der Waals surface area contributed by atoms with Crippen LogP contribution in [0.25, 0.3) is 10.8 Å². The lowest BCUT2D eigenvalue weighted by Gasteiger charge is -2.24. The molecule has 7 heteroatoms. The van der Waals surface area contributed by atoms with E-state index in [0.717, 1.165) is 27.0 Å². The molecule has 4 aromatic carbocycles. The van der Waals surface area contributed by atoms with Gasteiger partial charge < -0.3 is 15.4 Å². The topological polar surface area (TPSA) is 87.7 Å². The predicted octanol–water partition coefficient (Wildman–Crippen LogP) is 5.35. The number of anilines is 1. The molecule has 0 aliphatic carbocycles. The number of nitrogens with one attached hydrogen (secondary N) is 2. The number of ether oxygens (including phenoxy) is 1. The maximum absolute atomic E-state index is 13.4. The average Bonchev–Trinajstić information content (AvgIpc) is 3.08. The molecule has 0 bridgehead atoms. The normalized spacial score (nSPS) is 17.2. The van der Waals surface area contributed by atoms with Crippen LogP contribution in [0.5, 0.6) is 11.5 Å². The number of carbonyl (C=O) groups excluding carboxylic acids is 3. The van der Waals surface area contributed by atoms with E-state index in [1.54, 1.807) is 31.2 Å². The molecule has 0 saturated carbocycles. The fraction of sp³-hybridized carbons (Fsp3) is 0.138. The van der Waals surface area contributed by atoms with Crippen LogP contribution >= 0.6 is 0 Å². The smallest absolute Gasteiger partial charge is 0.325 e. The van der Waals surface area contributed by atoms with Crippen LogP contribution in [0.3, 0.4) is 0 Å². The molecule has 7 nitrogen and oxygen atoms in total. The van der Waals surface area contributed by atoms with Crippen LogP contribution in [0.2, 0.25) is 0 Å². The number of benzene rings is 4. The third-order valence-electron chi connectivity index (χ3n) is 6.27. The fourth-order valence-electron chi connectivity index (χ4n) is 4.45. The number of amides is 4. The molecule has 1 saturated heterocycles. The van der Waals surface area contributed by atoms with Gasteiger partial charge in [-0.1, -0.05) is 54.6 Å². The molecule has 1 fully saturated rings. The maximum Gasteiger partial charge on any atom is 0.325 e. The summed E-state index contributed by atoms with van der Waals surface area (Å²) < 4.78 is 5.83. The summed E-state index contributed by atoms with van der Waals surface area (Å²) in [5.41, 5.74) is 1.03. The number of hydrogen-bond acceptors (Lipinski definition) is 4. The summed E-state index contributed by atoms with van der Waals surface area (Å²) in [6.45, 7) is 3.26. The molecule has 0 radical (unpaired) electrons. The lowest BCUT2D eigenvalue weighted by molar-refractivity contribution is -0.133. The van der Waals surface area contributed by atoms with Gasteiger partial charge in [0.2, 0.25) is 5.91 Å². The first-order valence-electron chi connectivity index (χ1n) is 11.6. The highest BCUT2D eigenvalue weighted by atomic mass is 16.5. The quantitative estimate of drug-likeness (QED) is 0.365. The Bertz CT molecular complexity index is 1480. The van der Waals surface area contributed by atoms with Gasteiger partial charge in [0.25, 0.3) is 5.91 Å². The fourth-order valence-corrected chi connectivity index (χ4v) is 4.45. The van der Waals surface area contributed by atoms with E-state index in [1.165, 1.54) is 0 Å². The zero-order chi connectivity index (χ0) is 25.3. The number of rotatable bonds is 6. The standard InChI is InChI=1S/C29H25N3O4/c1-19-7-5-10-23(17-19)36-22-15-13-21(14-16-22)30-26(33)18-32-27(34)29(2,31-28(32)35)25-12-6-9-20-8-3-4-11-24(20)25/h3-17H,18H2,1-2H3,(H,30,33)(H,31,35).